The number of nitrogens with zero attached hydrogens (tertiary/aromatic N) is 4. The molecule has 0 radical (unpaired) electrons. The van der Waals surface area contributed by atoms with Gasteiger partial charge in [-0.05, 0) is 70.0 Å². The summed E-state index contributed by atoms with van der Waals surface area (Å²) in [5, 5.41) is 11.6. The van der Waals surface area contributed by atoms with Gasteiger partial charge in [-0.1, -0.05) is 140 Å². The number of hydrogen-bond donors (Lipinski definition) is 0. The van der Waals surface area contributed by atoms with E-state index < -0.39 is 0 Å². The Labute approximate surface area is 280 Å². The van der Waals surface area contributed by atoms with E-state index in [-0.39, 0.29) is 5.92 Å². The van der Waals surface area contributed by atoms with Crippen molar-refractivity contribution in [3.63, 3.8) is 0 Å². The van der Waals surface area contributed by atoms with Gasteiger partial charge < -0.3 is 0 Å². The summed E-state index contributed by atoms with van der Waals surface area (Å²) in [5.74, 6) is 2.32. The van der Waals surface area contributed by atoms with E-state index in [0.717, 1.165) is 41.5 Å². The maximum Gasteiger partial charge on any atom is 0.164 e. The Morgan fingerprint density at radius 1 is 0.583 bits per heavy atom. The quantitative estimate of drug-likeness (QED) is 0.187. The molecule has 4 heteroatoms. The molecule has 2 aliphatic carbocycles. The van der Waals surface area contributed by atoms with Crippen LogP contribution in [0.25, 0.3) is 55.8 Å². The van der Waals surface area contributed by atoms with Crippen LogP contribution in [-0.2, 0) is 0 Å². The number of benzene rings is 5. The Kier molecular flexibility index (Phi) is 7.86. The summed E-state index contributed by atoms with van der Waals surface area (Å²) < 4.78 is 0. The number of nitriles is 1. The smallest absolute Gasteiger partial charge is 0.164 e. The second-order valence-electron chi connectivity index (χ2n) is 12.2. The minimum atomic E-state index is 0.288. The maximum absolute atomic E-state index is 9.20. The van der Waals surface area contributed by atoms with E-state index in [9.17, 15) is 5.26 Å². The Morgan fingerprint density at radius 3 is 2.00 bits per heavy atom. The van der Waals surface area contributed by atoms with Gasteiger partial charge in [-0.15, -0.1) is 0 Å². The van der Waals surface area contributed by atoms with Gasteiger partial charge in [0.1, 0.15) is 0 Å². The largest absolute Gasteiger partial charge is 0.208 e. The molecular formula is C44H32N4. The molecule has 5 aromatic carbocycles. The maximum atomic E-state index is 9.20. The van der Waals surface area contributed by atoms with E-state index in [4.69, 9.17) is 15.0 Å². The lowest BCUT2D eigenvalue weighted by molar-refractivity contribution is 0.856. The molecule has 1 heterocycles. The van der Waals surface area contributed by atoms with Crippen LogP contribution >= 0.6 is 0 Å². The molecule has 0 saturated heterocycles. The van der Waals surface area contributed by atoms with Crippen molar-refractivity contribution in [1.82, 2.24) is 15.0 Å². The van der Waals surface area contributed by atoms with Crippen LogP contribution in [0.2, 0.25) is 0 Å². The molecule has 4 nitrogen and oxygen atoms in total. The van der Waals surface area contributed by atoms with Gasteiger partial charge in [0.05, 0.1) is 11.6 Å². The van der Waals surface area contributed by atoms with Crippen LogP contribution in [0.15, 0.2) is 152 Å². The fourth-order valence-electron chi connectivity index (χ4n) is 6.61. The molecular weight excluding hydrogens is 585 g/mol. The molecule has 0 aliphatic heterocycles. The minimum Gasteiger partial charge on any atom is -0.208 e. The van der Waals surface area contributed by atoms with E-state index in [1.807, 2.05) is 42.5 Å². The van der Waals surface area contributed by atoms with E-state index >= 15 is 0 Å². The van der Waals surface area contributed by atoms with Gasteiger partial charge in [0.15, 0.2) is 17.5 Å². The highest BCUT2D eigenvalue weighted by Gasteiger charge is 2.18. The van der Waals surface area contributed by atoms with Crippen LogP contribution in [-0.4, -0.2) is 15.0 Å². The molecule has 0 N–H and O–H groups in total. The molecule has 1 unspecified atom stereocenters. The first kappa shape index (κ1) is 29.2. The third-order valence-electron chi connectivity index (χ3n) is 9.16. The summed E-state index contributed by atoms with van der Waals surface area (Å²) in [6, 6.07) is 42.0. The van der Waals surface area contributed by atoms with Crippen molar-refractivity contribution < 1.29 is 0 Å². The van der Waals surface area contributed by atoms with Gasteiger partial charge in [0, 0.05) is 22.6 Å². The minimum absolute atomic E-state index is 0.288. The molecule has 228 valence electrons. The molecule has 1 aromatic heterocycles. The second-order valence-corrected chi connectivity index (χ2v) is 12.2. The van der Waals surface area contributed by atoms with Crippen LogP contribution in [0.4, 0.5) is 0 Å². The molecule has 0 spiro atoms. The molecule has 0 fully saturated rings. The fraction of sp³-hybridized carbons (Fsp3) is 0.0909. The van der Waals surface area contributed by atoms with Crippen LogP contribution in [0, 0.1) is 11.3 Å². The van der Waals surface area contributed by atoms with Gasteiger partial charge in [0.2, 0.25) is 0 Å². The topological polar surface area (TPSA) is 62.5 Å². The van der Waals surface area contributed by atoms with Crippen molar-refractivity contribution in [1.29, 1.82) is 5.26 Å². The predicted molar refractivity (Wildman–Crippen MR) is 196 cm³/mol. The molecule has 48 heavy (non-hydrogen) atoms. The van der Waals surface area contributed by atoms with E-state index in [1.54, 1.807) is 0 Å². The lowest BCUT2D eigenvalue weighted by atomic mass is 9.84. The molecule has 1 atom stereocenters. The summed E-state index contributed by atoms with van der Waals surface area (Å²) in [4.78, 5) is 14.8. The lowest BCUT2D eigenvalue weighted by Crippen LogP contribution is -2.03. The molecule has 8 rings (SSSR count). The van der Waals surface area contributed by atoms with Crippen LogP contribution in [0.3, 0.4) is 0 Å². The highest BCUT2D eigenvalue weighted by molar-refractivity contribution is 6.03. The van der Waals surface area contributed by atoms with Crippen LogP contribution < -0.4 is 0 Å². The Hall–Kier alpha value is -6.18. The first-order chi connectivity index (χ1) is 23.7. The Bertz CT molecular complexity index is 2300. The highest BCUT2D eigenvalue weighted by Crippen LogP contribution is 2.40. The third-order valence-corrected chi connectivity index (χ3v) is 9.16. The first-order valence-corrected chi connectivity index (χ1v) is 16.4. The van der Waals surface area contributed by atoms with Crippen molar-refractivity contribution >= 4 is 21.9 Å². The fourth-order valence-corrected chi connectivity index (χ4v) is 6.61. The summed E-state index contributed by atoms with van der Waals surface area (Å²) in [6.07, 6.45) is 16.3. The number of allylic oxidation sites excluding steroid dienone is 8. The summed E-state index contributed by atoms with van der Waals surface area (Å²) in [6.45, 7) is 0. The van der Waals surface area contributed by atoms with Crippen molar-refractivity contribution in [3.05, 3.63) is 174 Å². The van der Waals surface area contributed by atoms with E-state index in [1.165, 1.54) is 33.0 Å². The zero-order valence-corrected chi connectivity index (χ0v) is 26.4. The molecule has 0 saturated carbocycles. The summed E-state index contributed by atoms with van der Waals surface area (Å²) in [5.41, 5.74) is 9.65. The van der Waals surface area contributed by atoms with Crippen LogP contribution in [0.5, 0.6) is 0 Å². The number of rotatable bonds is 6. The van der Waals surface area contributed by atoms with Gasteiger partial charge in [-0.25, -0.2) is 15.0 Å². The number of fused-ring (bicyclic) bond motifs is 1. The number of hydrogen-bond acceptors (Lipinski definition) is 4. The van der Waals surface area contributed by atoms with Gasteiger partial charge in [0.25, 0.3) is 0 Å². The standard InChI is InChI=1S/C44H32N4/c45-29-30-15-17-31(18-16-30)32-19-21-34(22-20-32)40-28-27-33-9-7-8-14-39(33)41(40)35-23-25-38(26-24-35)44-47-42(36-10-3-1-4-11-36)46-43(48-44)37-12-5-2-6-13-37/h1,3-5,7-19,21-28,32H,2,6,20H2. The van der Waals surface area contributed by atoms with E-state index in [2.05, 4.69) is 115 Å². The molecule has 0 amide bonds. The molecule has 0 bridgehead atoms. The van der Waals surface area contributed by atoms with Crippen molar-refractivity contribution in [2.24, 2.45) is 0 Å². The average Bonchev–Trinajstić information content (AvgIpc) is 3.18. The normalized spacial score (nSPS) is 15.5. The van der Waals surface area contributed by atoms with Crippen molar-refractivity contribution in [2.45, 2.75) is 25.2 Å². The highest BCUT2D eigenvalue weighted by atomic mass is 15.0. The zero-order chi connectivity index (χ0) is 32.3. The summed E-state index contributed by atoms with van der Waals surface area (Å²) >= 11 is 0. The monoisotopic (exact) mass is 616 g/mol. The number of aromatic nitrogens is 3. The average molecular weight is 617 g/mol. The SMILES string of the molecule is N#Cc1ccc(C2C=CC(c3ccc4ccccc4c3-c3ccc(-c4nc(C5=CCCC=C5)nc(-c5ccccc5)n4)cc3)=CC2)cc1. The van der Waals surface area contributed by atoms with Crippen LogP contribution in [0.1, 0.15) is 47.7 Å². The Morgan fingerprint density at radius 2 is 1.29 bits per heavy atom. The molecule has 2 aliphatic rings. The predicted octanol–water partition coefficient (Wildman–Crippen LogP) is 10.8. The van der Waals surface area contributed by atoms with Gasteiger partial charge >= 0.3 is 0 Å². The Balaban J connectivity index is 1.17. The van der Waals surface area contributed by atoms with Crippen molar-refractivity contribution in [2.75, 3.05) is 0 Å². The van der Waals surface area contributed by atoms with Gasteiger partial charge in [-0.3, -0.25) is 0 Å². The lowest BCUT2D eigenvalue weighted by Gasteiger charge is -2.20. The molecule has 6 aromatic rings. The first-order valence-electron chi connectivity index (χ1n) is 16.4. The summed E-state index contributed by atoms with van der Waals surface area (Å²) in [7, 11) is 0. The van der Waals surface area contributed by atoms with Crippen molar-refractivity contribution in [3.8, 4) is 40.0 Å². The second kappa shape index (κ2) is 12.9. The van der Waals surface area contributed by atoms with Gasteiger partial charge in [-0.2, -0.15) is 5.26 Å². The van der Waals surface area contributed by atoms with E-state index in [0.29, 0.717) is 23.0 Å². The third kappa shape index (κ3) is 5.79. The zero-order valence-electron chi connectivity index (χ0n) is 26.4.